The third kappa shape index (κ3) is 6.08. The van der Waals surface area contributed by atoms with Crippen molar-refractivity contribution in [1.29, 1.82) is 0 Å². The standard InChI is InChI=1S/C21H27FN2O6S/c1-5-24(31(26,27)20-13-16(22)7-9-18(20)29-3)14-21(25)23-11-10-15-6-8-17(28-2)19(12-15)30-4/h6-9,12-13H,5,10-11,14H2,1-4H3,(H,23,25). The zero-order valence-electron chi connectivity index (χ0n) is 18.0. The maximum absolute atomic E-state index is 13.6. The maximum Gasteiger partial charge on any atom is 0.247 e. The average molecular weight is 455 g/mol. The number of hydrogen-bond acceptors (Lipinski definition) is 6. The van der Waals surface area contributed by atoms with Crippen molar-refractivity contribution in [2.75, 3.05) is 41.0 Å². The van der Waals surface area contributed by atoms with Gasteiger partial charge in [0.05, 0.1) is 27.9 Å². The maximum atomic E-state index is 13.6. The molecule has 31 heavy (non-hydrogen) atoms. The fourth-order valence-electron chi connectivity index (χ4n) is 2.96. The Balaban J connectivity index is 2.03. The van der Waals surface area contributed by atoms with Crippen molar-refractivity contribution in [3.05, 3.63) is 47.8 Å². The number of carbonyl (C=O) groups is 1. The van der Waals surface area contributed by atoms with Crippen molar-refractivity contribution in [2.45, 2.75) is 18.2 Å². The summed E-state index contributed by atoms with van der Waals surface area (Å²) in [7, 11) is 0.252. The van der Waals surface area contributed by atoms with Crippen molar-refractivity contribution in [3.63, 3.8) is 0 Å². The van der Waals surface area contributed by atoms with Crippen LogP contribution in [0.15, 0.2) is 41.3 Å². The Kier molecular flexibility index (Phi) is 8.64. The van der Waals surface area contributed by atoms with Gasteiger partial charge in [-0.15, -0.1) is 0 Å². The molecule has 2 aromatic carbocycles. The molecule has 0 aliphatic carbocycles. The summed E-state index contributed by atoms with van der Waals surface area (Å²) >= 11 is 0. The number of benzene rings is 2. The lowest BCUT2D eigenvalue weighted by Crippen LogP contribution is -2.41. The summed E-state index contributed by atoms with van der Waals surface area (Å²) in [6.45, 7) is 1.53. The molecule has 0 aromatic heterocycles. The van der Waals surface area contributed by atoms with Crippen LogP contribution in [0.1, 0.15) is 12.5 Å². The zero-order valence-corrected chi connectivity index (χ0v) is 18.8. The van der Waals surface area contributed by atoms with Crippen LogP contribution < -0.4 is 19.5 Å². The Labute approximate surface area is 182 Å². The highest BCUT2D eigenvalue weighted by atomic mass is 32.2. The van der Waals surface area contributed by atoms with E-state index in [4.69, 9.17) is 14.2 Å². The highest BCUT2D eigenvalue weighted by Gasteiger charge is 2.28. The van der Waals surface area contributed by atoms with Crippen LogP contribution in [0, 0.1) is 5.82 Å². The highest BCUT2D eigenvalue weighted by molar-refractivity contribution is 7.89. The molecular weight excluding hydrogens is 427 g/mol. The van der Waals surface area contributed by atoms with Gasteiger partial charge in [0.1, 0.15) is 16.5 Å². The Bertz CT molecular complexity index is 1010. The van der Waals surface area contributed by atoms with Crippen LogP contribution in [0.25, 0.3) is 0 Å². The minimum Gasteiger partial charge on any atom is -0.495 e. The van der Waals surface area contributed by atoms with Gasteiger partial charge in [0.15, 0.2) is 11.5 Å². The predicted octanol–water partition coefficient (Wildman–Crippen LogP) is 2.22. The van der Waals surface area contributed by atoms with Gasteiger partial charge >= 0.3 is 0 Å². The van der Waals surface area contributed by atoms with Crippen molar-refractivity contribution >= 4 is 15.9 Å². The van der Waals surface area contributed by atoms with E-state index >= 15 is 0 Å². The van der Waals surface area contributed by atoms with E-state index in [-0.39, 0.29) is 17.2 Å². The fourth-order valence-corrected chi connectivity index (χ4v) is 4.53. The van der Waals surface area contributed by atoms with Crippen LogP contribution in [0.5, 0.6) is 17.2 Å². The molecule has 1 N–H and O–H groups in total. The SMILES string of the molecule is CCN(CC(=O)NCCc1ccc(OC)c(OC)c1)S(=O)(=O)c1cc(F)ccc1OC. The molecule has 2 aromatic rings. The van der Waals surface area contributed by atoms with Gasteiger partial charge in [-0.2, -0.15) is 4.31 Å². The van der Waals surface area contributed by atoms with Gasteiger partial charge in [0, 0.05) is 13.1 Å². The van der Waals surface area contributed by atoms with Gasteiger partial charge in [-0.25, -0.2) is 12.8 Å². The summed E-state index contributed by atoms with van der Waals surface area (Å²) in [5, 5.41) is 2.70. The second-order valence-electron chi connectivity index (χ2n) is 6.52. The summed E-state index contributed by atoms with van der Waals surface area (Å²) in [4.78, 5) is 12.0. The molecule has 170 valence electrons. The van der Waals surface area contributed by atoms with E-state index in [1.54, 1.807) is 20.1 Å². The number of sulfonamides is 1. The number of halogens is 1. The van der Waals surface area contributed by atoms with E-state index in [2.05, 4.69) is 5.32 Å². The number of hydrogen-bond donors (Lipinski definition) is 1. The molecule has 0 radical (unpaired) electrons. The topological polar surface area (TPSA) is 94.2 Å². The molecule has 0 unspecified atom stereocenters. The Morgan fingerprint density at radius 1 is 1.00 bits per heavy atom. The van der Waals surface area contributed by atoms with Gasteiger partial charge in [0.25, 0.3) is 0 Å². The lowest BCUT2D eigenvalue weighted by atomic mass is 10.1. The van der Waals surface area contributed by atoms with E-state index < -0.39 is 28.3 Å². The second kappa shape index (κ2) is 11.0. The smallest absolute Gasteiger partial charge is 0.247 e. The quantitative estimate of drug-likeness (QED) is 0.560. The van der Waals surface area contributed by atoms with Gasteiger partial charge < -0.3 is 19.5 Å². The molecule has 1 amide bonds. The largest absolute Gasteiger partial charge is 0.495 e. The van der Waals surface area contributed by atoms with E-state index in [0.717, 1.165) is 22.0 Å². The molecule has 0 spiro atoms. The first-order valence-corrected chi connectivity index (χ1v) is 11.0. The summed E-state index contributed by atoms with van der Waals surface area (Å²) < 4.78 is 56.0. The molecule has 0 bridgehead atoms. The van der Waals surface area contributed by atoms with Gasteiger partial charge in [-0.05, 0) is 42.3 Å². The van der Waals surface area contributed by atoms with Crippen molar-refractivity contribution in [2.24, 2.45) is 0 Å². The molecule has 0 atom stereocenters. The Morgan fingerprint density at radius 3 is 2.26 bits per heavy atom. The number of carbonyl (C=O) groups excluding carboxylic acids is 1. The Morgan fingerprint density at radius 2 is 1.65 bits per heavy atom. The number of rotatable bonds is 11. The van der Waals surface area contributed by atoms with Crippen LogP contribution in [0.2, 0.25) is 0 Å². The fraction of sp³-hybridized carbons (Fsp3) is 0.381. The summed E-state index contributed by atoms with van der Waals surface area (Å²) in [6, 6.07) is 8.66. The number of nitrogens with zero attached hydrogens (tertiary/aromatic N) is 1. The summed E-state index contributed by atoms with van der Waals surface area (Å²) in [6.07, 6.45) is 0.517. The van der Waals surface area contributed by atoms with E-state index in [1.165, 1.54) is 20.3 Å². The molecule has 0 saturated carbocycles. The molecule has 0 heterocycles. The first kappa shape index (κ1) is 24.4. The summed E-state index contributed by atoms with van der Waals surface area (Å²) in [5.74, 6) is 0.00950. The number of ether oxygens (including phenoxy) is 3. The third-order valence-corrected chi connectivity index (χ3v) is 6.54. The van der Waals surface area contributed by atoms with E-state index in [0.29, 0.717) is 24.5 Å². The van der Waals surface area contributed by atoms with E-state index in [9.17, 15) is 17.6 Å². The van der Waals surface area contributed by atoms with E-state index in [1.807, 2.05) is 12.1 Å². The highest BCUT2D eigenvalue weighted by Crippen LogP contribution is 2.28. The Hall–Kier alpha value is -2.85. The predicted molar refractivity (Wildman–Crippen MR) is 114 cm³/mol. The first-order valence-electron chi connectivity index (χ1n) is 9.58. The molecule has 8 nitrogen and oxygen atoms in total. The molecule has 0 saturated heterocycles. The zero-order chi connectivity index (χ0) is 23.0. The molecule has 0 aliphatic rings. The monoisotopic (exact) mass is 454 g/mol. The van der Waals surface area contributed by atoms with Crippen LogP contribution >= 0.6 is 0 Å². The third-order valence-electron chi connectivity index (χ3n) is 4.60. The second-order valence-corrected chi connectivity index (χ2v) is 8.42. The first-order chi connectivity index (χ1) is 14.8. The average Bonchev–Trinajstić information content (AvgIpc) is 2.77. The normalized spacial score (nSPS) is 11.3. The molecular formula is C21H27FN2O6S. The molecule has 0 fully saturated rings. The van der Waals surface area contributed by atoms with Crippen LogP contribution in [-0.4, -0.2) is 59.6 Å². The number of nitrogens with one attached hydrogen (secondary N) is 1. The summed E-state index contributed by atoms with van der Waals surface area (Å²) in [5.41, 5.74) is 0.919. The number of likely N-dealkylation sites (N-methyl/N-ethyl adjacent to an activating group) is 1. The number of methoxy groups -OCH3 is 3. The van der Waals surface area contributed by atoms with Crippen molar-refractivity contribution < 1.29 is 31.8 Å². The van der Waals surface area contributed by atoms with Gasteiger partial charge in [-0.3, -0.25) is 4.79 Å². The molecule has 2 rings (SSSR count). The van der Waals surface area contributed by atoms with Crippen LogP contribution in [0.3, 0.4) is 0 Å². The minimum atomic E-state index is -4.13. The molecule has 0 aliphatic heterocycles. The lowest BCUT2D eigenvalue weighted by Gasteiger charge is -2.21. The van der Waals surface area contributed by atoms with Gasteiger partial charge in [-0.1, -0.05) is 13.0 Å². The van der Waals surface area contributed by atoms with Crippen LogP contribution in [-0.2, 0) is 21.2 Å². The van der Waals surface area contributed by atoms with Crippen molar-refractivity contribution in [3.8, 4) is 17.2 Å². The lowest BCUT2D eigenvalue weighted by molar-refractivity contribution is -0.121. The molecule has 10 heteroatoms. The van der Waals surface area contributed by atoms with Crippen molar-refractivity contribution in [1.82, 2.24) is 9.62 Å². The van der Waals surface area contributed by atoms with Gasteiger partial charge in [0.2, 0.25) is 15.9 Å². The minimum absolute atomic E-state index is 0.00807. The van der Waals surface area contributed by atoms with Crippen LogP contribution in [0.4, 0.5) is 4.39 Å². The number of amides is 1.